The van der Waals surface area contributed by atoms with E-state index in [0.717, 1.165) is 5.56 Å². The first kappa shape index (κ1) is 34.7. The Kier molecular flexibility index (Phi) is 12.1. The zero-order valence-corrected chi connectivity index (χ0v) is 26.4. The number of piperidine rings is 1. The van der Waals surface area contributed by atoms with Crippen LogP contribution in [-0.2, 0) is 36.8 Å². The lowest BCUT2D eigenvalue weighted by atomic mass is 9.80. The first-order valence-electron chi connectivity index (χ1n) is 14.5. The van der Waals surface area contributed by atoms with Gasteiger partial charge in [-0.3, -0.25) is 19.2 Å². The van der Waals surface area contributed by atoms with Gasteiger partial charge in [0, 0.05) is 57.7 Å². The number of pyridine rings is 1. The summed E-state index contributed by atoms with van der Waals surface area (Å²) in [4.78, 5) is 55.4. The normalized spacial score (nSPS) is 18.6. The molecule has 3 amide bonds. The van der Waals surface area contributed by atoms with E-state index in [0.29, 0.717) is 46.9 Å². The predicted molar refractivity (Wildman–Crippen MR) is 164 cm³/mol. The van der Waals surface area contributed by atoms with Gasteiger partial charge in [0.1, 0.15) is 6.04 Å². The van der Waals surface area contributed by atoms with E-state index in [2.05, 4.69) is 5.32 Å². The summed E-state index contributed by atoms with van der Waals surface area (Å²) in [5.41, 5.74) is 6.43. The first-order chi connectivity index (χ1) is 20.8. The summed E-state index contributed by atoms with van der Waals surface area (Å²) < 4.78 is 5.96. The maximum absolute atomic E-state index is 14.0. The summed E-state index contributed by atoms with van der Waals surface area (Å²) in [6, 6.07) is 10.3. The van der Waals surface area contributed by atoms with Gasteiger partial charge in [-0.25, -0.2) is 0 Å². The smallest absolute Gasteiger partial charge is 0.304 e. The van der Waals surface area contributed by atoms with Gasteiger partial charge in [0.2, 0.25) is 17.7 Å². The lowest BCUT2D eigenvalue weighted by Gasteiger charge is -2.49. The molecule has 1 saturated heterocycles. The first-order valence-corrected chi connectivity index (χ1v) is 14.9. The van der Waals surface area contributed by atoms with Gasteiger partial charge >= 0.3 is 5.97 Å². The Morgan fingerprint density at radius 1 is 1.23 bits per heavy atom. The summed E-state index contributed by atoms with van der Waals surface area (Å²) in [5, 5.41) is 25.5. The largest absolute Gasteiger partial charge is 0.618 e. The molecular formula is C31H42ClN5O7. The van der Waals surface area contributed by atoms with Crippen molar-refractivity contribution in [2.75, 3.05) is 33.9 Å². The van der Waals surface area contributed by atoms with Crippen LogP contribution >= 0.6 is 11.6 Å². The summed E-state index contributed by atoms with van der Waals surface area (Å²) in [7, 11) is 3.06. The Labute approximate surface area is 262 Å². The number of aliphatic carboxylic acids is 1. The molecule has 1 aliphatic rings. The number of hydrogen-bond acceptors (Lipinski definition) is 7. The molecule has 13 heteroatoms. The van der Waals surface area contributed by atoms with Crippen molar-refractivity contribution in [2.24, 2.45) is 11.7 Å². The van der Waals surface area contributed by atoms with Crippen LogP contribution in [0, 0.1) is 18.0 Å². The van der Waals surface area contributed by atoms with E-state index in [1.807, 2.05) is 12.1 Å². The molecule has 12 nitrogen and oxygen atoms in total. The minimum atomic E-state index is -1.16. The van der Waals surface area contributed by atoms with E-state index < -0.39 is 53.7 Å². The number of halogens is 1. The minimum absolute atomic E-state index is 0.0506. The average Bonchev–Trinajstić information content (AvgIpc) is 2.98. The Bertz CT molecular complexity index is 1340. The van der Waals surface area contributed by atoms with E-state index in [1.54, 1.807) is 54.1 Å². The van der Waals surface area contributed by atoms with E-state index in [9.17, 15) is 29.5 Å². The number of nitrogens with two attached hydrogens (primary N) is 1. The van der Waals surface area contributed by atoms with Gasteiger partial charge in [-0.2, -0.15) is 4.73 Å². The number of benzene rings is 1. The van der Waals surface area contributed by atoms with Gasteiger partial charge < -0.3 is 35.9 Å². The SMILES string of the molecule is COCC(NC(=O)C(C)N)C(=O)N(C)C1(Cc2ccc(Cl)cc2)CCCN(C(=O)C(CC(=O)O)Cc2cccc(C)[n+]2[O-])C1. The number of aromatic nitrogens is 1. The monoisotopic (exact) mass is 631 g/mol. The minimum Gasteiger partial charge on any atom is -0.618 e. The molecule has 0 saturated carbocycles. The van der Waals surface area contributed by atoms with Crippen molar-refractivity contribution < 1.29 is 33.8 Å². The molecule has 4 atom stereocenters. The number of amides is 3. The van der Waals surface area contributed by atoms with Crippen LogP contribution in [0.4, 0.5) is 0 Å². The number of methoxy groups -OCH3 is 1. The lowest BCUT2D eigenvalue weighted by molar-refractivity contribution is -0.621. The third-order valence-corrected chi connectivity index (χ3v) is 8.40. The summed E-state index contributed by atoms with van der Waals surface area (Å²) in [6.45, 7) is 3.53. The Morgan fingerprint density at radius 2 is 1.91 bits per heavy atom. The molecule has 44 heavy (non-hydrogen) atoms. The fourth-order valence-electron chi connectivity index (χ4n) is 5.71. The van der Waals surface area contributed by atoms with Crippen molar-refractivity contribution in [1.82, 2.24) is 15.1 Å². The van der Waals surface area contributed by atoms with E-state index in [1.165, 1.54) is 14.0 Å². The highest BCUT2D eigenvalue weighted by Crippen LogP contribution is 2.33. The van der Waals surface area contributed by atoms with Gasteiger partial charge in [0.05, 0.1) is 30.5 Å². The van der Waals surface area contributed by atoms with Crippen LogP contribution in [0.15, 0.2) is 42.5 Å². The topological polar surface area (TPSA) is 169 Å². The Balaban J connectivity index is 1.98. The fourth-order valence-corrected chi connectivity index (χ4v) is 5.84. The standard InChI is InChI=1S/C31H42ClN5O7/c1-20-7-5-8-25(37(20)43)15-23(16-27(38)39)29(41)36-14-6-13-31(19-36,17-22-9-11-24(32)12-10-22)35(3)30(42)26(18-44-4)34-28(40)21(2)33/h5,7-12,21,23,26H,6,13-19,33H2,1-4H3,(H,34,40)(H,38,39). The number of likely N-dealkylation sites (tertiary alicyclic amines) is 1. The number of carbonyl (C=O) groups excluding carboxylic acids is 3. The van der Waals surface area contributed by atoms with Crippen molar-refractivity contribution in [2.45, 2.75) is 63.6 Å². The average molecular weight is 632 g/mol. The number of nitrogens with one attached hydrogen (secondary N) is 1. The fraction of sp³-hybridized carbons (Fsp3) is 0.516. The molecule has 240 valence electrons. The maximum atomic E-state index is 14.0. The van der Waals surface area contributed by atoms with Crippen LogP contribution < -0.4 is 15.8 Å². The van der Waals surface area contributed by atoms with Crippen molar-refractivity contribution in [3.63, 3.8) is 0 Å². The summed E-state index contributed by atoms with van der Waals surface area (Å²) >= 11 is 6.13. The van der Waals surface area contributed by atoms with Crippen LogP contribution in [0.25, 0.3) is 0 Å². The molecule has 4 unspecified atom stereocenters. The number of carboxylic acids is 1. The van der Waals surface area contributed by atoms with Gasteiger partial charge in [-0.1, -0.05) is 23.7 Å². The van der Waals surface area contributed by atoms with Crippen LogP contribution in [0.2, 0.25) is 5.02 Å². The second kappa shape index (κ2) is 15.3. The molecule has 1 aliphatic heterocycles. The number of hydrogen-bond donors (Lipinski definition) is 3. The second-order valence-electron chi connectivity index (χ2n) is 11.5. The highest BCUT2D eigenvalue weighted by Gasteiger charge is 2.45. The number of nitrogens with zero attached hydrogens (tertiary/aromatic N) is 3. The molecule has 1 aromatic carbocycles. The second-order valence-corrected chi connectivity index (χ2v) is 12.0. The quantitative estimate of drug-likeness (QED) is 0.220. The van der Waals surface area contributed by atoms with Crippen LogP contribution in [0.5, 0.6) is 0 Å². The lowest BCUT2D eigenvalue weighted by Crippen LogP contribution is -2.65. The molecule has 0 spiro atoms. The van der Waals surface area contributed by atoms with Crippen LogP contribution in [0.3, 0.4) is 0 Å². The van der Waals surface area contributed by atoms with Crippen LogP contribution in [-0.4, -0.2) is 90.1 Å². The number of carbonyl (C=O) groups is 4. The molecule has 1 fully saturated rings. The zero-order chi connectivity index (χ0) is 32.6. The van der Waals surface area contributed by atoms with Crippen molar-refractivity contribution in [3.8, 4) is 0 Å². The van der Waals surface area contributed by atoms with E-state index in [-0.39, 0.29) is 19.6 Å². The van der Waals surface area contributed by atoms with Crippen molar-refractivity contribution in [1.29, 1.82) is 0 Å². The molecule has 0 radical (unpaired) electrons. The van der Waals surface area contributed by atoms with E-state index in [4.69, 9.17) is 22.1 Å². The zero-order valence-electron chi connectivity index (χ0n) is 25.6. The van der Waals surface area contributed by atoms with Crippen molar-refractivity contribution in [3.05, 3.63) is 69.6 Å². The molecule has 3 rings (SSSR count). The third-order valence-electron chi connectivity index (χ3n) is 8.15. The molecule has 2 heterocycles. The molecule has 4 N–H and O–H groups in total. The van der Waals surface area contributed by atoms with Crippen LogP contribution in [0.1, 0.15) is 43.1 Å². The van der Waals surface area contributed by atoms with E-state index >= 15 is 0 Å². The predicted octanol–water partition coefficient (Wildman–Crippen LogP) is 1.46. The highest BCUT2D eigenvalue weighted by molar-refractivity contribution is 6.30. The maximum Gasteiger partial charge on any atom is 0.304 e. The molecule has 1 aromatic heterocycles. The number of rotatable bonds is 13. The van der Waals surface area contributed by atoms with Gasteiger partial charge in [-0.05, 0) is 49.9 Å². The Hall–Kier alpha value is -3.74. The summed E-state index contributed by atoms with van der Waals surface area (Å²) in [5.74, 6) is -3.48. The third kappa shape index (κ3) is 8.67. The summed E-state index contributed by atoms with van der Waals surface area (Å²) in [6.07, 6.45) is 0.917. The number of ether oxygens (including phenoxy) is 1. The molecule has 0 bridgehead atoms. The Morgan fingerprint density at radius 3 is 2.52 bits per heavy atom. The highest BCUT2D eigenvalue weighted by atomic mass is 35.5. The van der Waals surface area contributed by atoms with Crippen molar-refractivity contribution >= 4 is 35.3 Å². The molecular weight excluding hydrogens is 590 g/mol. The number of aryl methyl sites for hydroxylation is 1. The van der Waals surface area contributed by atoms with Gasteiger partial charge in [0.15, 0.2) is 11.4 Å². The molecule has 2 aromatic rings. The number of carboxylic acid groups (broad SMARTS) is 1. The van der Waals surface area contributed by atoms with Gasteiger partial charge in [0.25, 0.3) is 0 Å². The number of likely N-dealkylation sites (N-methyl/N-ethyl adjacent to an activating group) is 1. The van der Waals surface area contributed by atoms with Gasteiger partial charge in [-0.15, -0.1) is 0 Å². The molecule has 0 aliphatic carbocycles.